The number of hydrogen-bond donors (Lipinski definition) is 2. The first-order valence-corrected chi connectivity index (χ1v) is 8.43. The standard InChI is InChI=1S/C15H20N2O3S.ClH/c18-15(8-12-10-21-6-3-16-12)17-9-11-1-2-13-14(7-11)20-5-4-19-13;/h1-2,7,12,16H,3-6,8-10H2,(H,17,18);1H. The average molecular weight is 345 g/mol. The second kappa shape index (κ2) is 8.50. The molecule has 7 heteroatoms. The Hall–Kier alpha value is -1.11. The van der Waals surface area contributed by atoms with Crippen molar-refractivity contribution in [3.8, 4) is 11.5 Å². The van der Waals surface area contributed by atoms with Crippen LogP contribution in [0.2, 0.25) is 0 Å². The van der Waals surface area contributed by atoms with Gasteiger partial charge < -0.3 is 20.1 Å². The number of amides is 1. The van der Waals surface area contributed by atoms with Crippen molar-refractivity contribution >= 4 is 30.1 Å². The van der Waals surface area contributed by atoms with Crippen molar-refractivity contribution in [3.05, 3.63) is 23.8 Å². The highest BCUT2D eigenvalue weighted by atomic mass is 35.5. The lowest BCUT2D eigenvalue weighted by Crippen LogP contribution is -2.41. The van der Waals surface area contributed by atoms with Crippen molar-refractivity contribution < 1.29 is 14.3 Å². The van der Waals surface area contributed by atoms with E-state index in [1.165, 1.54) is 0 Å². The molecule has 0 spiro atoms. The van der Waals surface area contributed by atoms with Crippen LogP contribution >= 0.6 is 24.2 Å². The topological polar surface area (TPSA) is 59.6 Å². The molecule has 1 saturated heterocycles. The number of ether oxygens (including phenoxy) is 2. The molecule has 22 heavy (non-hydrogen) atoms. The fourth-order valence-corrected chi connectivity index (χ4v) is 3.39. The minimum Gasteiger partial charge on any atom is -0.486 e. The number of thioether (sulfide) groups is 1. The van der Waals surface area contributed by atoms with E-state index in [1.54, 1.807) is 0 Å². The van der Waals surface area contributed by atoms with Crippen LogP contribution in [0.25, 0.3) is 0 Å². The Morgan fingerprint density at radius 3 is 2.91 bits per heavy atom. The molecule has 1 amide bonds. The molecular weight excluding hydrogens is 324 g/mol. The largest absolute Gasteiger partial charge is 0.486 e. The van der Waals surface area contributed by atoms with Crippen LogP contribution in [-0.4, -0.2) is 43.2 Å². The highest BCUT2D eigenvalue weighted by molar-refractivity contribution is 7.99. The Labute approximate surface area is 140 Å². The maximum absolute atomic E-state index is 12.0. The third kappa shape index (κ3) is 4.69. The quantitative estimate of drug-likeness (QED) is 0.868. The molecule has 1 atom stereocenters. The number of fused-ring (bicyclic) bond motifs is 1. The smallest absolute Gasteiger partial charge is 0.221 e. The third-order valence-electron chi connectivity index (χ3n) is 3.53. The molecule has 0 saturated carbocycles. The number of benzene rings is 1. The van der Waals surface area contributed by atoms with Crippen LogP contribution in [-0.2, 0) is 11.3 Å². The predicted molar refractivity (Wildman–Crippen MR) is 90.3 cm³/mol. The van der Waals surface area contributed by atoms with Crippen LogP contribution in [0.3, 0.4) is 0 Å². The van der Waals surface area contributed by atoms with Gasteiger partial charge in [0.05, 0.1) is 0 Å². The van der Waals surface area contributed by atoms with E-state index in [9.17, 15) is 4.79 Å². The fraction of sp³-hybridized carbons (Fsp3) is 0.533. The molecule has 122 valence electrons. The Morgan fingerprint density at radius 1 is 1.32 bits per heavy atom. The highest BCUT2D eigenvalue weighted by Crippen LogP contribution is 2.30. The molecule has 1 unspecified atom stereocenters. The van der Waals surface area contributed by atoms with Gasteiger partial charge in [-0.1, -0.05) is 6.07 Å². The van der Waals surface area contributed by atoms with Gasteiger partial charge in [0, 0.05) is 37.1 Å². The lowest BCUT2D eigenvalue weighted by atomic mass is 10.1. The highest BCUT2D eigenvalue weighted by Gasteiger charge is 2.17. The summed E-state index contributed by atoms with van der Waals surface area (Å²) in [5, 5.41) is 6.34. The van der Waals surface area contributed by atoms with Gasteiger partial charge >= 0.3 is 0 Å². The number of carbonyl (C=O) groups excluding carboxylic acids is 1. The van der Waals surface area contributed by atoms with Gasteiger partial charge in [0.1, 0.15) is 13.2 Å². The summed E-state index contributed by atoms with van der Waals surface area (Å²) in [6, 6.07) is 6.09. The van der Waals surface area contributed by atoms with Crippen molar-refractivity contribution in [1.82, 2.24) is 10.6 Å². The van der Waals surface area contributed by atoms with E-state index in [4.69, 9.17) is 9.47 Å². The van der Waals surface area contributed by atoms with E-state index < -0.39 is 0 Å². The summed E-state index contributed by atoms with van der Waals surface area (Å²) < 4.78 is 11.0. The maximum atomic E-state index is 12.0. The lowest BCUT2D eigenvalue weighted by Gasteiger charge is -2.22. The molecule has 3 rings (SSSR count). The van der Waals surface area contributed by atoms with Gasteiger partial charge in [0.25, 0.3) is 0 Å². The zero-order valence-corrected chi connectivity index (χ0v) is 13.9. The number of halogens is 1. The van der Waals surface area contributed by atoms with E-state index in [0.29, 0.717) is 32.2 Å². The minimum atomic E-state index is 0. The molecule has 0 aromatic heterocycles. The van der Waals surface area contributed by atoms with Crippen LogP contribution in [0.1, 0.15) is 12.0 Å². The Kier molecular flexibility index (Phi) is 6.67. The van der Waals surface area contributed by atoms with Crippen molar-refractivity contribution in [2.75, 3.05) is 31.3 Å². The Balaban J connectivity index is 0.00000176. The van der Waals surface area contributed by atoms with E-state index in [-0.39, 0.29) is 18.3 Å². The van der Waals surface area contributed by atoms with E-state index in [2.05, 4.69) is 10.6 Å². The van der Waals surface area contributed by atoms with Crippen LogP contribution in [0, 0.1) is 0 Å². The molecule has 1 fully saturated rings. The Bertz CT molecular complexity index is 510. The first-order valence-electron chi connectivity index (χ1n) is 7.27. The maximum Gasteiger partial charge on any atom is 0.221 e. The molecule has 2 heterocycles. The van der Waals surface area contributed by atoms with Crippen LogP contribution in [0.5, 0.6) is 11.5 Å². The van der Waals surface area contributed by atoms with Crippen LogP contribution in [0.4, 0.5) is 0 Å². The summed E-state index contributed by atoms with van der Waals surface area (Å²) in [6.45, 7) is 2.68. The minimum absolute atomic E-state index is 0. The van der Waals surface area contributed by atoms with Gasteiger partial charge in [-0.25, -0.2) is 0 Å². The zero-order chi connectivity index (χ0) is 14.5. The summed E-state index contributed by atoms with van der Waals surface area (Å²) in [6.07, 6.45) is 0.539. The molecule has 2 aliphatic heterocycles. The molecule has 2 N–H and O–H groups in total. The first-order chi connectivity index (χ1) is 10.3. The average Bonchev–Trinajstić information content (AvgIpc) is 2.54. The summed E-state index contributed by atoms with van der Waals surface area (Å²) in [7, 11) is 0. The van der Waals surface area contributed by atoms with E-state index in [1.807, 2.05) is 30.0 Å². The molecule has 1 aromatic carbocycles. The zero-order valence-electron chi connectivity index (χ0n) is 12.3. The summed E-state index contributed by atoms with van der Waals surface area (Å²) in [5.74, 6) is 3.77. The Morgan fingerprint density at radius 2 is 2.14 bits per heavy atom. The van der Waals surface area contributed by atoms with Gasteiger partial charge in [-0.2, -0.15) is 11.8 Å². The molecular formula is C15H21ClN2O3S. The van der Waals surface area contributed by atoms with Crippen molar-refractivity contribution in [2.24, 2.45) is 0 Å². The fourth-order valence-electron chi connectivity index (χ4n) is 2.45. The van der Waals surface area contributed by atoms with Crippen molar-refractivity contribution in [1.29, 1.82) is 0 Å². The SMILES string of the molecule is Cl.O=C(CC1CSCCN1)NCc1ccc2c(c1)OCCO2. The van der Waals surface area contributed by atoms with Gasteiger partial charge in [0.2, 0.25) is 5.91 Å². The second-order valence-corrected chi connectivity index (χ2v) is 6.33. The lowest BCUT2D eigenvalue weighted by molar-refractivity contribution is -0.121. The number of hydrogen-bond acceptors (Lipinski definition) is 5. The van der Waals surface area contributed by atoms with Gasteiger partial charge in [-0.3, -0.25) is 4.79 Å². The van der Waals surface area contributed by atoms with E-state index >= 15 is 0 Å². The monoisotopic (exact) mass is 344 g/mol. The van der Waals surface area contributed by atoms with Crippen LogP contribution in [0.15, 0.2) is 18.2 Å². The number of rotatable bonds is 4. The first kappa shape index (κ1) is 17.2. The molecule has 5 nitrogen and oxygen atoms in total. The molecule has 2 aliphatic rings. The molecule has 0 bridgehead atoms. The van der Waals surface area contributed by atoms with Gasteiger partial charge in [-0.05, 0) is 17.7 Å². The van der Waals surface area contributed by atoms with Gasteiger partial charge in [-0.15, -0.1) is 12.4 Å². The van der Waals surface area contributed by atoms with Crippen molar-refractivity contribution in [2.45, 2.75) is 19.0 Å². The third-order valence-corrected chi connectivity index (χ3v) is 4.66. The van der Waals surface area contributed by atoms with Crippen molar-refractivity contribution in [3.63, 3.8) is 0 Å². The molecule has 0 radical (unpaired) electrons. The van der Waals surface area contributed by atoms with E-state index in [0.717, 1.165) is 35.1 Å². The molecule has 0 aliphatic carbocycles. The molecule has 1 aromatic rings. The predicted octanol–water partition coefficient (Wildman–Crippen LogP) is 1.59. The second-order valence-electron chi connectivity index (χ2n) is 5.18. The van der Waals surface area contributed by atoms with Crippen LogP contribution < -0.4 is 20.1 Å². The summed E-state index contributed by atoms with van der Waals surface area (Å²) in [4.78, 5) is 12.0. The summed E-state index contributed by atoms with van der Waals surface area (Å²) in [5.41, 5.74) is 1.03. The van der Waals surface area contributed by atoms with Gasteiger partial charge in [0.15, 0.2) is 11.5 Å². The number of nitrogens with one attached hydrogen (secondary N) is 2. The number of carbonyl (C=O) groups is 1. The normalized spacial score (nSPS) is 19.9. The summed E-state index contributed by atoms with van der Waals surface area (Å²) >= 11 is 1.90.